The topological polar surface area (TPSA) is 46.5 Å². The minimum Gasteiger partial charge on any atom is -0.481 e. The van der Waals surface area contributed by atoms with Crippen molar-refractivity contribution in [2.24, 2.45) is 5.41 Å². The van der Waals surface area contributed by atoms with Crippen LogP contribution in [0, 0.1) is 5.41 Å². The lowest BCUT2D eigenvalue weighted by atomic mass is 9.83. The second kappa shape index (κ2) is 5.34. The fourth-order valence-electron chi connectivity index (χ4n) is 1.28. The van der Waals surface area contributed by atoms with Crippen LogP contribution in [-0.2, 0) is 9.53 Å². The summed E-state index contributed by atoms with van der Waals surface area (Å²) in [6.07, 6.45) is -3.89. The summed E-state index contributed by atoms with van der Waals surface area (Å²) in [5.74, 6) is -1.09. The van der Waals surface area contributed by atoms with Crippen LogP contribution < -0.4 is 0 Å². The van der Waals surface area contributed by atoms with Gasteiger partial charge in [-0.3, -0.25) is 9.53 Å². The number of hydrogen-bond acceptors (Lipinski definition) is 2. The van der Waals surface area contributed by atoms with E-state index in [-0.39, 0.29) is 6.42 Å². The third-order valence-corrected chi connectivity index (χ3v) is 2.24. The minimum atomic E-state index is -4.69. The van der Waals surface area contributed by atoms with E-state index in [2.05, 4.69) is 4.74 Å². The summed E-state index contributed by atoms with van der Waals surface area (Å²) in [5, 5.41) is 8.86. The fourth-order valence-corrected chi connectivity index (χ4v) is 1.28. The number of hydrogen-bond donors (Lipinski definition) is 1. The van der Waals surface area contributed by atoms with Crippen molar-refractivity contribution in [1.29, 1.82) is 0 Å². The zero-order chi connectivity index (χ0) is 12.1. The predicted octanol–water partition coefficient (Wildman–Crippen LogP) is 2.80. The van der Waals surface area contributed by atoms with Crippen molar-refractivity contribution >= 4 is 5.97 Å². The van der Waals surface area contributed by atoms with Crippen LogP contribution in [0.5, 0.6) is 0 Å². The summed E-state index contributed by atoms with van der Waals surface area (Å²) in [7, 11) is 0. The second-order valence-electron chi connectivity index (χ2n) is 3.66. The number of carboxylic acids is 1. The van der Waals surface area contributed by atoms with Gasteiger partial charge in [0.15, 0.2) is 0 Å². The van der Waals surface area contributed by atoms with Gasteiger partial charge in [0, 0.05) is 0 Å². The summed E-state index contributed by atoms with van der Waals surface area (Å²) in [5.41, 5.74) is -1.14. The molecule has 0 aliphatic carbocycles. The fraction of sp³-hybridized carbons (Fsp3) is 0.889. The number of rotatable bonds is 6. The summed E-state index contributed by atoms with van der Waals surface area (Å²) in [6.45, 7) is 2.59. The molecule has 0 rings (SSSR count). The Labute approximate surface area is 86.2 Å². The van der Waals surface area contributed by atoms with Crippen molar-refractivity contribution in [3.8, 4) is 0 Å². The van der Waals surface area contributed by atoms with E-state index in [0.29, 0.717) is 12.8 Å². The van der Waals surface area contributed by atoms with E-state index < -0.39 is 24.4 Å². The summed E-state index contributed by atoms with van der Waals surface area (Å²) in [6, 6.07) is 0. The van der Waals surface area contributed by atoms with Crippen molar-refractivity contribution in [2.75, 3.05) is 6.61 Å². The minimum absolute atomic E-state index is 0.143. The predicted molar refractivity (Wildman–Crippen MR) is 47.3 cm³/mol. The van der Waals surface area contributed by atoms with Crippen LogP contribution in [0.3, 0.4) is 0 Å². The highest BCUT2D eigenvalue weighted by atomic mass is 19.4. The number of carbonyl (C=O) groups is 1. The van der Waals surface area contributed by atoms with Crippen molar-refractivity contribution in [2.45, 2.75) is 39.5 Å². The first-order valence-corrected chi connectivity index (χ1v) is 4.65. The molecule has 6 heteroatoms. The van der Waals surface area contributed by atoms with Crippen molar-refractivity contribution in [3.05, 3.63) is 0 Å². The Morgan fingerprint density at radius 2 is 1.87 bits per heavy atom. The van der Waals surface area contributed by atoms with E-state index in [4.69, 9.17) is 5.11 Å². The monoisotopic (exact) mass is 228 g/mol. The lowest BCUT2D eigenvalue weighted by molar-refractivity contribution is -0.326. The molecule has 0 saturated heterocycles. The number of ether oxygens (including phenoxy) is 1. The number of aliphatic carboxylic acids is 1. The molecule has 0 spiro atoms. The van der Waals surface area contributed by atoms with Crippen LogP contribution in [0.25, 0.3) is 0 Å². The molecule has 1 atom stereocenters. The van der Waals surface area contributed by atoms with Gasteiger partial charge in [-0.1, -0.05) is 13.3 Å². The number of carboxylic acid groups (broad SMARTS) is 1. The Balaban J connectivity index is 4.14. The van der Waals surface area contributed by atoms with E-state index in [1.165, 1.54) is 6.92 Å². The molecule has 15 heavy (non-hydrogen) atoms. The molecular formula is C9H15F3O3. The van der Waals surface area contributed by atoms with Gasteiger partial charge >= 0.3 is 12.3 Å². The SMILES string of the molecule is CCCC(C)(CCOC(F)(F)F)C(=O)O. The summed E-state index contributed by atoms with van der Waals surface area (Å²) >= 11 is 0. The van der Waals surface area contributed by atoms with Gasteiger partial charge in [0.25, 0.3) is 0 Å². The van der Waals surface area contributed by atoms with Crippen LogP contribution in [0.2, 0.25) is 0 Å². The van der Waals surface area contributed by atoms with Crippen molar-refractivity contribution in [3.63, 3.8) is 0 Å². The molecule has 0 amide bonds. The van der Waals surface area contributed by atoms with Crippen molar-refractivity contribution < 1.29 is 27.8 Å². The van der Waals surface area contributed by atoms with Crippen LogP contribution in [0.4, 0.5) is 13.2 Å². The molecule has 1 unspecified atom stereocenters. The van der Waals surface area contributed by atoms with Gasteiger partial charge in [0.2, 0.25) is 0 Å². The van der Waals surface area contributed by atoms with Gasteiger partial charge < -0.3 is 5.11 Å². The molecule has 0 aromatic carbocycles. The highest BCUT2D eigenvalue weighted by Crippen LogP contribution is 2.29. The number of alkyl halides is 3. The van der Waals surface area contributed by atoms with E-state index in [9.17, 15) is 18.0 Å². The maximum atomic E-state index is 11.6. The third kappa shape index (κ3) is 5.61. The van der Waals surface area contributed by atoms with Gasteiger partial charge in [0.05, 0.1) is 12.0 Å². The Kier molecular flexibility index (Phi) is 5.07. The van der Waals surface area contributed by atoms with Crippen LogP contribution in [-0.4, -0.2) is 24.0 Å². The van der Waals surface area contributed by atoms with Crippen LogP contribution in [0.15, 0.2) is 0 Å². The first kappa shape index (κ1) is 14.2. The van der Waals surface area contributed by atoms with E-state index >= 15 is 0 Å². The quantitative estimate of drug-likeness (QED) is 0.760. The lowest BCUT2D eigenvalue weighted by Crippen LogP contribution is -2.30. The van der Waals surface area contributed by atoms with Gasteiger partial charge in [-0.05, 0) is 19.8 Å². The average Bonchev–Trinajstić information content (AvgIpc) is 2.01. The molecule has 1 N–H and O–H groups in total. The van der Waals surface area contributed by atoms with Gasteiger partial charge in [-0.15, -0.1) is 13.2 Å². The van der Waals surface area contributed by atoms with Crippen LogP contribution >= 0.6 is 0 Å². The Morgan fingerprint density at radius 1 is 1.33 bits per heavy atom. The first-order chi connectivity index (χ1) is 6.71. The standard InChI is InChI=1S/C9H15F3O3/c1-3-4-8(2,7(13)14)5-6-15-9(10,11)12/h3-6H2,1-2H3,(H,13,14). The Hall–Kier alpha value is -0.780. The molecule has 0 radical (unpaired) electrons. The van der Waals surface area contributed by atoms with Crippen molar-refractivity contribution in [1.82, 2.24) is 0 Å². The second-order valence-corrected chi connectivity index (χ2v) is 3.66. The molecule has 0 saturated carbocycles. The Morgan fingerprint density at radius 3 is 2.20 bits per heavy atom. The Bertz CT molecular complexity index is 215. The average molecular weight is 228 g/mol. The third-order valence-electron chi connectivity index (χ3n) is 2.24. The summed E-state index contributed by atoms with van der Waals surface area (Å²) in [4.78, 5) is 10.8. The molecular weight excluding hydrogens is 213 g/mol. The highest BCUT2D eigenvalue weighted by molar-refractivity contribution is 5.74. The molecule has 0 heterocycles. The summed E-state index contributed by atoms with van der Waals surface area (Å²) < 4.78 is 38.5. The van der Waals surface area contributed by atoms with Crippen LogP contribution in [0.1, 0.15) is 33.1 Å². The highest BCUT2D eigenvalue weighted by Gasteiger charge is 2.35. The molecule has 0 aromatic heterocycles. The maximum Gasteiger partial charge on any atom is 0.522 e. The first-order valence-electron chi connectivity index (χ1n) is 4.65. The van der Waals surface area contributed by atoms with E-state index in [1.54, 1.807) is 6.92 Å². The van der Waals surface area contributed by atoms with E-state index in [1.807, 2.05) is 0 Å². The van der Waals surface area contributed by atoms with Gasteiger partial charge in [-0.2, -0.15) is 0 Å². The van der Waals surface area contributed by atoms with Gasteiger partial charge in [-0.25, -0.2) is 0 Å². The largest absolute Gasteiger partial charge is 0.522 e. The molecule has 3 nitrogen and oxygen atoms in total. The smallest absolute Gasteiger partial charge is 0.481 e. The molecule has 0 aromatic rings. The molecule has 0 fully saturated rings. The normalized spacial score (nSPS) is 16.1. The number of halogens is 3. The maximum absolute atomic E-state index is 11.6. The zero-order valence-electron chi connectivity index (χ0n) is 8.73. The van der Waals surface area contributed by atoms with E-state index in [0.717, 1.165) is 0 Å². The molecule has 0 aliphatic rings. The molecule has 90 valence electrons. The molecule has 0 bridgehead atoms. The zero-order valence-corrected chi connectivity index (χ0v) is 8.73. The molecule has 0 aliphatic heterocycles. The lowest BCUT2D eigenvalue weighted by Gasteiger charge is -2.24. The van der Waals surface area contributed by atoms with Gasteiger partial charge in [0.1, 0.15) is 0 Å².